The summed E-state index contributed by atoms with van der Waals surface area (Å²) in [7, 11) is -3.67. The molecule has 0 radical (unpaired) electrons. The molecule has 2 N–H and O–H groups in total. The lowest BCUT2D eigenvalue weighted by atomic mass is 10.2. The van der Waals surface area contributed by atoms with Gasteiger partial charge in [0.25, 0.3) is 5.92 Å². The molecule has 1 aromatic rings. The van der Waals surface area contributed by atoms with Gasteiger partial charge in [-0.1, -0.05) is 0 Å². The van der Waals surface area contributed by atoms with Crippen molar-refractivity contribution in [1.29, 1.82) is 0 Å². The summed E-state index contributed by atoms with van der Waals surface area (Å²) in [5, 5.41) is 4.69. The number of carbonyl (C=O) groups is 1. The minimum absolute atomic E-state index is 0. The number of halogens is 4. The fourth-order valence-electron chi connectivity index (χ4n) is 2.09. The van der Waals surface area contributed by atoms with Gasteiger partial charge in [0.15, 0.2) is 9.84 Å². The van der Waals surface area contributed by atoms with Crippen LogP contribution in [0, 0.1) is 5.82 Å². The SMILES string of the molecule is Cl.O=C(NCCS(=O)(=O)c1ccc(F)cc1)C1CC(F)(F)CN1. The van der Waals surface area contributed by atoms with Crippen LogP contribution in [0.2, 0.25) is 0 Å². The standard InChI is InChI=1S/C13H15F3N2O3S.ClH/c14-9-1-3-10(4-2-9)22(20,21)6-5-17-12(19)11-7-13(15,16)8-18-11;/h1-4,11,18H,5-8H2,(H,17,19);1H. The maximum atomic E-state index is 13.0. The normalized spacial score (nSPS) is 19.9. The predicted octanol–water partition coefficient (Wildman–Crippen LogP) is 1.13. The molecule has 0 aromatic heterocycles. The highest BCUT2D eigenvalue weighted by atomic mass is 35.5. The van der Waals surface area contributed by atoms with E-state index in [4.69, 9.17) is 0 Å². The van der Waals surface area contributed by atoms with Crippen molar-refractivity contribution in [2.24, 2.45) is 0 Å². The van der Waals surface area contributed by atoms with Crippen LogP contribution < -0.4 is 10.6 Å². The second kappa shape index (κ2) is 7.50. The van der Waals surface area contributed by atoms with E-state index in [-0.39, 0.29) is 23.8 Å². The summed E-state index contributed by atoms with van der Waals surface area (Å²) >= 11 is 0. The summed E-state index contributed by atoms with van der Waals surface area (Å²) in [6, 6.07) is 3.28. The molecule has 0 spiro atoms. The molecule has 1 atom stereocenters. The van der Waals surface area contributed by atoms with Gasteiger partial charge >= 0.3 is 0 Å². The molecule has 2 rings (SSSR count). The van der Waals surface area contributed by atoms with E-state index in [0.29, 0.717) is 0 Å². The molecule has 0 saturated carbocycles. The fourth-order valence-corrected chi connectivity index (χ4v) is 3.25. The number of hydrogen-bond acceptors (Lipinski definition) is 4. The quantitative estimate of drug-likeness (QED) is 0.760. The van der Waals surface area contributed by atoms with Gasteiger partial charge in [-0.2, -0.15) is 0 Å². The second-order valence-electron chi connectivity index (χ2n) is 5.06. The first-order valence-electron chi connectivity index (χ1n) is 6.57. The van der Waals surface area contributed by atoms with Crippen molar-refractivity contribution in [2.45, 2.75) is 23.3 Å². The Kier molecular flexibility index (Phi) is 6.43. The van der Waals surface area contributed by atoms with E-state index in [1.54, 1.807) is 0 Å². The molecule has 23 heavy (non-hydrogen) atoms. The number of benzene rings is 1. The lowest BCUT2D eigenvalue weighted by Crippen LogP contribution is -2.42. The molecule has 130 valence electrons. The van der Waals surface area contributed by atoms with Gasteiger partial charge in [-0.3, -0.25) is 10.1 Å². The molecule has 1 aromatic carbocycles. The maximum absolute atomic E-state index is 13.0. The van der Waals surface area contributed by atoms with E-state index in [1.807, 2.05) is 0 Å². The van der Waals surface area contributed by atoms with Crippen LogP contribution in [0.5, 0.6) is 0 Å². The van der Waals surface area contributed by atoms with Gasteiger partial charge in [0.05, 0.1) is 23.2 Å². The maximum Gasteiger partial charge on any atom is 0.262 e. The first-order chi connectivity index (χ1) is 10.2. The molecule has 1 aliphatic heterocycles. The zero-order valence-electron chi connectivity index (χ0n) is 11.9. The van der Waals surface area contributed by atoms with E-state index >= 15 is 0 Å². The van der Waals surface area contributed by atoms with Crippen LogP contribution in [0.4, 0.5) is 13.2 Å². The molecular formula is C13H16ClF3N2O3S. The highest BCUT2D eigenvalue weighted by Crippen LogP contribution is 2.25. The Labute approximate surface area is 138 Å². The van der Waals surface area contributed by atoms with Gasteiger partial charge in [0.1, 0.15) is 5.82 Å². The molecule has 0 bridgehead atoms. The average Bonchev–Trinajstić information content (AvgIpc) is 2.79. The first kappa shape index (κ1) is 19.7. The fraction of sp³-hybridized carbons (Fsp3) is 0.462. The lowest BCUT2D eigenvalue weighted by Gasteiger charge is -2.11. The Bertz CT molecular complexity index is 653. The predicted molar refractivity (Wildman–Crippen MR) is 80.1 cm³/mol. The van der Waals surface area contributed by atoms with Crippen LogP contribution in [0.1, 0.15) is 6.42 Å². The third kappa shape index (κ3) is 5.36. The summed E-state index contributed by atoms with van der Waals surface area (Å²) in [5.74, 6) is -4.54. The van der Waals surface area contributed by atoms with E-state index in [1.165, 1.54) is 0 Å². The largest absolute Gasteiger partial charge is 0.354 e. The Morgan fingerprint density at radius 2 is 1.91 bits per heavy atom. The Morgan fingerprint density at radius 1 is 1.30 bits per heavy atom. The van der Waals surface area contributed by atoms with E-state index in [0.717, 1.165) is 24.3 Å². The zero-order valence-corrected chi connectivity index (χ0v) is 13.5. The highest BCUT2D eigenvalue weighted by Gasteiger charge is 2.42. The van der Waals surface area contributed by atoms with E-state index in [2.05, 4.69) is 10.6 Å². The van der Waals surface area contributed by atoms with E-state index in [9.17, 15) is 26.4 Å². The van der Waals surface area contributed by atoms with Crippen molar-refractivity contribution in [2.75, 3.05) is 18.8 Å². The number of hydrogen-bond donors (Lipinski definition) is 2. The van der Waals surface area contributed by atoms with Gasteiger partial charge in [-0.05, 0) is 24.3 Å². The van der Waals surface area contributed by atoms with E-state index < -0.39 is 52.2 Å². The van der Waals surface area contributed by atoms with Gasteiger partial charge in [0.2, 0.25) is 5.91 Å². The van der Waals surface area contributed by atoms with Gasteiger partial charge in [-0.15, -0.1) is 12.4 Å². The number of amides is 1. The van der Waals surface area contributed by atoms with Crippen molar-refractivity contribution in [1.82, 2.24) is 10.6 Å². The van der Waals surface area contributed by atoms with Crippen molar-refractivity contribution in [3.05, 3.63) is 30.1 Å². The number of carbonyl (C=O) groups excluding carboxylic acids is 1. The van der Waals surface area contributed by atoms with Crippen LogP contribution in [-0.2, 0) is 14.6 Å². The molecule has 1 saturated heterocycles. The third-order valence-corrected chi connectivity index (χ3v) is 5.00. The van der Waals surface area contributed by atoms with Crippen molar-refractivity contribution in [3.63, 3.8) is 0 Å². The Balaban J connectivity index is 0.00000264. The van der Waals surface area contributed by atoms with Gasteiger partial charge in [-0.25, -0.2) is 21.6 Å². The smallest absolute Gasteiger partial charge is 0.262 e. The monoisotopic (exact) mass is 372 g/mol. The number of nitrogens with one attached hydrogen (secondary N) is 2. The highest BCUT2D eigenvalue weighted by molar-refractivity contribution is 7.91. The molecule has 1 fully saturated rings. The summed E-state index contributed by atoms with van der Waals surface area (Å²) in [6.07, 6.45) is -0.608. The first-order valence-corrected chi connectivity index (χ1v) is 8.22. The molecule has 0 aliphatic carbocycles. The number of alkyl halides is 2. The topological polar surface area (TPSA) is 75.3 Å². The van der Waals surface area contributed by atoms with Crippen LogP contribution in [0.3, 0.4) is 0 Å². The summed E-state index contributed by atoms with van der Waals surface area (Å²) in [6.45, 7) is -0.777. The van der Waals surface area contributed by atoms with Crippen molar-refractivity contribution >= 4 is 28.2 Å². The Morgan fingerprint density at radius 3 is 2.43 bits per heavy atom. The molecule has 10 heteroatoms. The molecular weight excluding hydrogens is 357 g/mol. The number of sulfone groups is 1. The molecule has 1 heterocycles. The molecule has 1 amide bonds. The minimum atomic E-state index is -3.67. The van der Waals surface area contributed by atoms with Crippen LogP contribution in [-0.4, -0.2) is 45.1 Å². The van der Waals surface area contributed by atoms with Crippen LogP contribution >= 0.6 is 12.4 Å². The Hall–Kier alpha value is -1.32. The van der Waals surface area contributed by atoms with Crippen LogP contribution in [0.15, 0.2) is 29.2 Å². The summed E-state index contributed by atoms with van der Waals surface area (Å²) in [5.41, 5.74) is 0. The van der Waals surface area contributed by atoms with Gasteiger partial charge < -0.3 is 5.32 Å². The van der Waals surface area contributed by atoms with Crippen molar-refractivity contribution < 1.29 is 26.4 Å². The zero-order chi connectivity index (χ0) is 16.4. The third-order valence-electron chi connectivity index (χ3n) is 3.27. The molecule has 1 aliphatic rings. The van der Waals surface area contributed by atoms with Crippen molar-refractivity contribution in [3.8, 4) is 0 Å². The van der Waals surface area contributed by atoms with Crippen LogP contribution in [0.25, 0.3) is 0 Å². The minimum Gasteiger partial charge on any atom is -0.354 e. The second-order valence-corrected chi connectivity index (χ2v) is 7.17. The van der Waals surface area contributed by atoms with Gasteiger partial charge in [0, 0.05) is 13.0 Å². The molecule has 1 unspecified atom stereocenters. The summed E-state index contributed by atoms with van der Waals surface area (Å²) in [4.78, 5) is 11.6. The molecule has 5 nitrogen and oxygen atoms in total. The summed E-state index contributed by atoms with van der Waals surface area (Å²) < 4.78 is 62.5. The lowest BCUT2D eigenvalue weighted by molar-refractivity contribution is -0.123. The average molecular weight is 373 g/mol. The number of rotatable bonds is 5.